The first-order chi connectivity index (χ1) is 14.0. The van der Waals surface area contributed by atoms with E-state index in [2.05, 4.69) is 10.3 Å². The highest BCUT2D eigenvalue weighted by Gasteiger charge is 2.26. The van der Waals surface area contributed by atoms with E-state index in [0.29, 0.717) is 18.8 Å². The molecular formula is C21H24N4O3S. The number of aromatic nitrogens is 2. The minimum Gasteiger partial charge on any atom is -0.324 e. The first-order valence-corrected chi connectivity index (χ1v) is 11.2. The van der Waals surface area contributed by atoms with Crippen molar-refractivity contribution in [1.82, 2.24) is 13.9 Å². The Labute approximate surface area is 170 Å². The Kier molecular flexibility index (Phi) is 5.38. The first-order valence-electron chi connectivity index (χ1n) is 9.79. The SMILES string of the molecule is CC(C(=O)Nc1cccc(S(=O)(=O)N2CCCCC2)c1)n1cnc2ccccc21. The summed E-state index contributed by atoms with van der Waals surface area (Å²) in [5.74, 6) is -0.235. The van der Waals surface area contributed by atoms with Gasteiger partial charge in [-0.1, -0.05) is 24.6 Å². The van der Waals surface area contributed by atoms with Crippen molar-refractivity contribution in [3.8, 4) is 0 Å². The standard InChI is InChI=1S/C21H24N4O3S/c1-16(25-15-22-19-10-3-4-11-20(19)25)21(26)23-17-8-7-9-18(14-17)29(27,28)24-12-5-2-6-13-24/h3-4,7-11,14-16H,2,5-6,12-13H2,1H3,(H,23,26). The zero-order valence-corrected chi connectivity index (χ0v) is 17.1. The molecule has 8 heteroatoms. The Morgan fingerprint density at radius 2 is 1.83 bits per heavy atom. The molecule has 1 aliphatic heterocycles. The number of benzene rings is 2. The van der Waals surface area contributed by atoms with Crippen molar-refractivity contribution in [2.24, 2.45) is 0 Å². The molecule has 1 aromatic heterocycles. The molecule has 2 heterocycles. The van der Waals surface area contributed by atoms with Crippen molar-refractivity contribution < 1.29 is 13.2 Å². The molecule has 0 radical (unpaired) electrons. The number of rotatable bonds is 5. The van der Waals surface area contributed by atoms with Crippen LogP contribution in [0.3, 0.4) is 0 Å². The minimum absolute atomic E-state index is 0.206. The van der Waals surface area contributed by atoms with Crippen LogP contribution in [0.25, 0.3) is 11.0 Å². The van der Waals surface area contributed by atoms with Crippen LogP contribution in [0.2, 0.25) is 0 Å². The predicted octanol–water partition coefficient (Wildman–Crippen LogP) is 3.41. The molecular weight excluding hydrogens is 388 g/mol. The monoisotopic (exact) mass is 412 g/mol. The number of carbonyl (C=O) groups is 1. The van der Waals surface area contributed by atoms with E-state index < -0.39 is 16.1 Å². The fourth-order valence-electron chi connectivity index (χ4n) is 3.65. The van der Waals surface area contributed by atoms with Crippen LogP contribution in [0.4, 0.5) is 5.69 Å². The van der Waals surface area contributed by atoms with Gasteiger partial charge >= 0.3 is 0 Å². The summed E-state index contributed by atoms with van der Waals surface area (Å²) >= 11 is 0. The number of hydrogen-bond acceptors (Lipinski definition) is 4. The maximum absolute atomic E-state index is 12.9. The summed E-state index contributed by atoms with van der Waals surface area (Å²) in [5.41, 5.74) is 2.16. The average molecular weight is 413 g/mol. The van der Waals surface area contributed by atoms with E-state index in [-0.39, 0.29) is 10.8 Å². The number of sulfonamides is 1. The molecule has 152 valence electrons. The molecule has 1 fully saturated rings. The lowest BCUT2D eigenvalue weighted by atomic mass is 10.2. The third-order valence-electron chi connectivity index (χ3n) is 5.33. The van der Waals surface area contributed by atoms with Gasteiger partial charge in [0.25, 0.3) is 0 Å². The predicted molar refractivity (Wildman–Crippen MR) is 112 cm³/mol. The normalized spacial score (nSPS) is 16.6. The Bertz CT molecular complexity index is 1130. The molecule has 1 N–H and O–H groups in total. The van der Waals surface area contributed by atoms with Gasteiger partial charge in [0.2, 0.25) is 15.9 Å². The molecule has 3 aromatic rings. The molecule has 29 heavy (non-hydrogen) atoms. The number of fused-ring (bicyclic) bond motifs is 1. The van der Waals surface area contributed by atoms with Crippen molar-refractivity contribution in [3.63, 3.8) is 0 Å². The fourth-order valence-corrected chi connectivity index (χ4v) is 5.21. The van der Waals surface area contributed by atoms with Crippen molar-refractivity contribution >= 4 is 32.7 Å². The largest absolute Gasteiger partial charge is 0.324 e. The molecule has 0 bridgehead atoms. The molecule has 0 saturated carbocycles. The van der Waals surface area contributed by atoms with Crippen molar-refractivity contribution in [1.29, 1.82) is 0 Å². The van der Waals surface area contributed by atoms with E-state index in [1.807, 2.05) is 24.3 Å². The molecule has 0 aliphatic carbocycles. The highest BCUT2D eigenvalue weighted by atomic mass is 32.2. The molecule has 1 unspecified atom stereocenters. The number of para-hydroxylation sites is 2. The Balaban J connectivity index is 1.53. The number of piperidine rings is 1. The van der Waals surface area contributed by atoms with Gasteiger partial charge in [0.1, 0.15) is 6.04 Å². The summed E-state index contributed by atoms with van der Waals surface area (Å²) in [6.07, 6.45) is 4.47. The number of amides is 1. The van der Waals surface area contributed by atoms with E-state index in [1.165, 1.54) is 10.4 Å². The molecule has 0 spiro atoms. The molecule has 1 aliphatic rings. The summed E-state index contributed by atoms with van der Waals surface area (Å²) in [4.78, 5) is 17.3. The van der Waals surface area contributed by atoms with Gasteiger partial charge in [-0.25, -0.2) is 13.4 Å². The van der Waals surface area contributed by atoms with E-state index in [1.54, 1.807) is 36.0 Å². The zero-order valence-electron chi connectivity index (χ0n) is 16.3. The van der Waals surface area contributed by atoms with Crippen LogP contribution in [0.1, 0.15) is 32.2 Å². The van der Waals surface area contributed by atoms with E-state index >= 15 is 0 Å². The van der Waals surface area contributed by atoms with Crippen LogP contribution in [0.15, 0.2) is 59.8 Å². The third kappa shape index (κ3) is 3.90. The van der Waals surface area contributed by atoms with Gasteiger partial charge in [0.05, 0.1) is 22.3 Å². The van der Waals surface area contributed by atoms with E-state index in [0.717, 1.165) is 30.3 Å². The maximum atomic E-state index is 12.9. The quantitative estimate of drug-likeness (QED) is 0.696. The van der Waals surface area contributed by atoms with Gasteiger partial charge < -0.3 is 9.88 Å². The summed E-state index contributed by atoms with van der Waals surface area (Å²) in [6, 6.07) is 13.6. The maximum Gasteiger partial charge on any atom is 0.247 e. The lowest BCUT2D eigenvalue weighted by molar-refractivity contribution is -0.118. The van der Waals surface area contributed by atoms with E-state index in [9.17, 15) is 13.2 Å². The van der Waals surface area contributed by atoms with Gasteiger partial charge in [0.15, 0.2) is 0 Å². The zero-order chi connectivity index (χ0) is 20.4. The van der Waals surface area contributed by atoms with Crippen molar-refractivity contribution in [2.75, 3.05) is 18.4 Å². The van der Waals surface area contributed by atoms with Gasteiger partial charge in [-0.05, 0) is 50.1 Å². The van der Waals surface area contributed by atoms with Crippen LogP contribution in [-0.4, -0.2) is 41.3 Å². The van der Waals surface area contributed by atoms with Gasteiger partial charge in [-0.15, -0.1) is 0 Å². The van der Waals surface area contributed by atoms with Crippen LogP contribution < -0.4 is 5.32 Å². The number of anilines is 1. The topological polar surface area (TPSA) is 84.3 Å². The van der Waals surface area contributed by atoms with Crippen LogP contribution in [-0.2, 0) is 14.8 Å². The Morgan fingerprint density at radius 3 is 2.62 bits per heavy atom. The highest BCUT2D eigenvalue weighted by molar-refractivity contribution is 7.89. The van der Waals surface area contributed by atoms with E-state index in [4.69, 9.17) is 0 Å². The fraction of sp³-hybridized carbons (Fsp3) is 0.333. The van der Waals surface area contributed by atoms with Crippen molar-refractivity contribution in [3.05, 3.63) is 54.9 Å². The highest BCUT2D eigenvalue weighted by Crippen LogP contribution is 2.24. The smallest absolute Gasteiger partial charge is 0.247 e. The summed E-state index contributed by atoms with van der Waals surface area (Å²) in [5, 5.41) is 2.84. The molecule has 2 aromatic carbocycles. The van der Waals surface area contributed by atoms with Gasteiger partial charge in [-0.3, -0.25) is 4.79 Å². The number of nitrogens with one attached hydrogen (secondary N) is 1. The van der Waals surface area contributed by atoms with Crippen LogP contribution >= 0.6 is 0 Å². The van der Waals surface area contributed by atoms with Crippen LogP contribution in [0.5, 0.6) is 0 Å². The number of nitrogens with zero attached hydrogens (tertiary/aromatic N) is 3. The molecule has 7 nitrogen and oxygen atoms in total. The number of carbonyl (C=O) groups excluding carboxylic acids is 1. The molecule has 1 atom stereocenters. The van der Waals surface area contributed by atoms with Crippen LogP contribution in [0, 0.1) is 0 Å². The van der Waals surface area contributed by atoms with Gasteiger partial charge in [-0.2, -0.15) is 4.31 Å². The number of imidazole rings is 1. The lowest BCUT2D eigenvalue weighted by Crippen LogP contribution is -2.35. The summed E-state index contributed by atoms with van der Waals surface area (Å²) in [6.45, 7) is 2.88. The second-order valence-electron chi connectivity index (χ2n) is 7.30. The first kappa shape index (κ1) is 19.6. The summed E-state index contributed by atoms with van der Waals surface area (Å²) < 4.78 is 29.1. The number of hydrogen-bond donors (Lipinski definition) is 1. The summed E-state index contributed by atoms with van der Waals surface area (Å²) in [7, 11) is -3.55. The Morgan fingerprint density at radius 1 is 1.07 bits per heavy atom. The lowest BCUT2D eigenvalue weighted by Gasteiger charge is -2.26. The Hall–Kier alpha value is -2.71. The molecule has 4 rings (SSSR count). The second-order valence-corrected chi connectivity index (χ2v) is 9.24. The third-order valence-corrected chi connectivity index (χ3v) is 7.23. The molecule has 1 saturated heterocycles. The molecule has 1 amide bonds. The second kappa shape index (κ2) is 7.96. The average Bonchev–Trinajstić information content (AvgIpc) is 3.18. The minimum atomic E-state index is -3.55. The van der Waals surface area contributed by atoms with Gasteiger partial charge in [0, 0.05) is 18.8 Å². The van der Waals surface area contributed by atoms with Crippen molar-refractivity contribution in [2.45, 2.75) is 37.1 Å².